The van der Waals surface area contributed by atoms with E-state index in [2.05, 4.69) is 9.97 Å². The second-order valence-corrected chi connectivity index (χ2v) is 6.13. The average molecular weight is 357 g/mol. The van der Waals surface area contributed by atoms with Crippen molar-refractivity contribution in [3.05, 3.63) is 45.8 Å². The van der Waals surface area contributed by atoms with Crippen molar-refractivity contribution < 1.29 is 18.7 Å². The van der Waals surface area contributed by atoms with E-state index in [0.717, 1.165) is 11.3 Å². The van der Waals surface area contributed by atoms with Crippen molar-refractivity contribution in [3.8, 4) is 17.7 Å². The average Bonchev–Trinajstić information content (AvgIpc) is 2.91. The standard InChI is InChI=1S/C17H12FN3O3S/c1-8-13-15(24-12-6-4-5-11(18)10(12)7-19)20-9(2)21-16(13)25-14(8)17(22)23-3/h4-6H,1-3H3. The minimum absolute atomic E-state index is 0.0483. The highest BCUT2D eigenvalue weighted by Gasteiger charge is 2.22. The fourth-order valence-corrected chi connectivity index (χ4v) is 3.50. The molecule has 0 saturated carbocycles. The Morgan fingerprint density at radius 3 is 2.76 bits per heavy atom. The number of nitrogens with zero attached hydrogens (tertiary/aromatic N) is 3. The van der Waals surface area contributed by atoms with Gasteiger partial charge in [-0.15, -0.1) is 11.3 Å². The first-order valence-corrected chi connectivity index (χ1v) is 8.00. The molecule has 0 amide bonds. The molecule has 0 fully saturated rings. The summed E-state index contributed by atoms with van der Waals surface area (Å²) in [4.78, 5) is 21.4. The van der Waals surface area contributed by atoms with E-state index in [1.54, 1.807) is 19.9 Å². The highest BCUT2D eigenvalue weighted by molar-refractivity contribution is 7.20. The molecule has 25 heavy (non-hydrogen) atoms. The van der Waals surface area contributed by atoms with Gasteiger partial charge in [0.1, 0.15) is 38.7 Å². The third-order valence-corrected chi connectivity index (χ3v) is 4.70. The first kappa shape index (κ1) is 16.8. The maximum absolute atomic E-state index is 13.8. The van der Waals surface area contributed by atoms with E-state index in [9.17, 15) is 9.18 Å². The number of benzene rings is 1. The highest BCUT2D eigenvalue weighted by Crippen LogP contribution is 2.38. The van der Waals surface area contributed by atoms with Crippen LogP contribution in [0, 0.1) is 31.0 Å². The minimum atomic E-state index is -0.681. The van der Waals surface area contributed by atoms with Gasteiger partial charge >= 0.3 is 5.97 Å². The number of aromatic nitrogens is 2. The van der Waals surface area contributed by atoms with Crippen molar-refractivity contribution in [1.82, 2.24) is 9.97 Å². The lowest BCUT2D eigenvalue weighted by molar-refractivity contribution is 0.0605. The minimum Gasteiger partial charge on any atom is -0.465 e. The lowest BCUT2D eigenvalue weighted by atomic mass is 10.2. The van der Waals surface area contributed by atoms with Gasteiger partial charge in [0.05, 0.1) is 12.5 Å². The third kappa shape index (κ3) is 2.90. The van der Waals surface area contributed by atoms with Crippen LogP contribution in [0.4, 0.5) is 4.39 Å². The van der Waals surface area contributed by atoms with Crippen molar-refractivity contribution >= 4 is 27.5 Å². The maximum Gasteiger partial charge on any atom is 0.348 e. The van der Waals surface area contributed by atoms with Crippen LogP contribution >= 0.6 is 11.3 Å². The zero-order valence-corrected chi connectivity index (χ0v) is 14.4. The van der Waals surface area contributed by atoms with Crippen LogP contribution in [0.5, 0.6) is 11.6 Å². The summed E-state index contributed by atoms with van der Waals surface area (Å²) in [5.41, 5.74) is 0.393. The number of ether oxygens (including phenoxy) is 2. The van der Waals surface area contributed by atoms with Crippen LogP contribution in [-0.4, -0.2) is 23.0 Å². The number of nitriles is 1. The molecule has 3 aromatic rings. The predicted octanol–water partition coefficient (Wildman–Crippen LogP) is 3.90. The predicted molar refractivity (Wildman–Crippen MR) is 89.4 cm³/mol. The molecule has 0 unspecified atom stereocenters. The summed E-state index contributed by atoms with van der Waals surface area (Å²) in [6.45, 7) is 3.41. The highest BCUT2D eigenvalue weighted by atomic mass is 32.1. The van der Waals surface area contributed by atoms with E-state index >= 15 is 0 Å². The van der Waals surface area contributed by atoms with E-state index in [0.29, 0.717) is 26.5 Å². The first-order valence-electron chi connectivity index (χ1n) is 7.18. The van der Waals surface area contributed by atoms with Gasteiger partial charge in [-0.05, 0) is 31.5 Å². The van der Waals surface area contributed by atoms with Crippen LogP contribution in [0.15, 0.2) is 18.2 Å². The van der Waals surface area contributed by atoms with E-state index in [1.165, 1.54) is 25.3 Å². The number of hydrogen-bond donors (Lipinski definition) is 0. The van der Waals surface area contributed by atoms with Crippen LogP contribution in [-0.2, 0) is 4.74 Å². The Morgan fingerprint density at radius 1 is 1.32 bits per heavy atom. The maximum atomic E-state index is 13.8. The summed E-state index contributed by atoms with van der Waals surface area (Å²) in [5, 5.41) is 9.68. The molecule has 0 N–H and O–H groups in total. The van der Waals surface area contributed by atoms with Crippen molar-refractivity contribution in [2.45, 2.75) is 13.8 Å². The van der Waals surface area contributed by atoms with Crippen LogP contribution in [0.2, 0.25) is 0 Å². The molecular formula is C17H12FN3O3S. The molecule has 6 nitrogen and oxygen atoms in total. The molecule has 0 aliphatic heterocycles. The van der Waals surface area contributed by atoms with Crippen molar-refractivity contribution in [2.24, 2.45) is 0 Å². The van der Waals surface area contributed by atoms with Crippen LogP contribution in [0.3, 0.4) is 0 Å². The summed E-state index contributed by atoms with van der Waals surface area (Å²) < 4.78 is 24.3. The number of thiophene rings is 1. The van der Waals surface area contributed by atoms with Gasteiger partial charge < -0.3 is 9.47 Å². The van der Waals surface area contributed by atoms with Gasteiger partial charge in [0.25, 0.3) is 0 Å². The summed E-state index contributed by atoms with van der Waals surface area (Å²) in [7, 11) is 1.30. The van der Waals surface area contributed by atoms with Crippen molar-refractivity contribution in [3.63, 3.8) is 0 Å². The summed E-state index contributed by atoms with van der Waals surface area (Å²) in [6.07, 6.45) is 0. The Morgan fingerprint density at radius 2 is 2.08 bits per heavy atom. The number of esters is 1. The van der Waals surface area contributed by atoms with Crippen molar-refractivity contribution in [2.75, 3.05) is 7.11 Å². The Hall–Kier alpha value is -3.05. The number of carbonyl (C=O) groups excluding carboxylic acids is 1. The zero-order valence-electron chi connectivity index (χ0n) is 13.6. The van der Waals surface area contributed by atoms with Gasteiger partial charge in [-0.3, -0.25) is 0 Å². The van der Waals surface area contributed by atoms with Crippen LogP contribution < -0.4 is 4.74 Å². The lowest BCUT2D eigenvalue weighted by Gasteiger charge is -2.09. The number of hydrogen-bond acceptors (Lipinski definition) is 7. The normalized spacial score (nSPS) is 10.5. The van der Waals surface area contributed by atoms with E-state index in [4.69, 9.17) is 14.7 Å². The molecule has 0 aliphatic rings. The number of aryl methyl sites for hydroxylation is 2. The van der Waals surface area contributed by atoms with Gasteiger partial charge in [-0.2, -0.15) is 10.2 Å². The molecule has 2 heterocycles. The van der Waals surface area contributed by atoms with E-state index < -0.39 is 11.8 Å². The SMILES string of the molecule is COC(=O)c1sc2nc(C)nc(Oc3cccc(F)c3C#N)c2c1C. The van der Waals surface area contributed by atoms with Crippen LogP contribution in [0.25, 0.3) is 10.2 Å². The van der Waals surface area contributed by atoms with Gasteiger partial charge in [-0.1, -0.05) is 6.07 Å². The number of carbonyl (C=O) groups is 1. The second kappa shape index (κ2) is 6.45. The van der Waals surface area contributed by atoms with E-state index in [1.807, 2.05) is 0 Å². The number of halogens is 1. The molecule has 0 atom stereocenters. The van der Waals surface area contributed by atoms with Gasteiger partial charge in [0.2, 0.25) is 5.88 Å². The third-order valence-electron chi connectivity index (χ3n) is 3.53. The fraction of sp³-hybridized carbons (Fsp3) is 0.176. The van der Waals surface area contributed by atoms with E-state index in [-0.39, 0.29) is 17.2 Å². The molecular weight excluding hydrogens is 345 g/mol. The Labute approximate surface area is 146 Å². The summed E-state index contributed by atoms with van der Waals surface area (Å²) >= 11 is 1.16. The monoisotopic (exact) mass is 357 g/mol. The van der Waals surface area contributed by atoms with Crippen LogP contribution in [0.1, 0.15) is 26.6 Å². The van der Waals surface area contributed by atoms with Gasteiger partial charge in [0, 0.05) is 0 Å². The lowest BCUT2D eigenvalue weighted by Crippen LogP contribution is -2.00. The number of rotatable bonds is 3. The Bertz CT molecular complexity index is 1040. The Balaban J connectivity index is 2.20. The molecule has 0 radical (unpaired) electrons. The molecule has 0 spiro atoms. The molecule has 2 aromatic heterocycles. The molecule has 0 aliphatic carbocycles. The zero-order chi connectivity index (χ0) is 18.1. The molecule has 0 saturated heterocycles. The van der Waals surface area contributed by atoms with Gasteiger partial charge in [-0.25, -0.2) is 14.2 Å². The quantitative estimate of drug-likeness (QED) is 0.661. The Kier molecular flexibility index (Phi) is 4.33. The molecule has 8 heteroatoms. The summed E-state index contributed by atoms with van der Waals surface area (Å²) in [6, 6.07) is 5.88. The topological polar surface area (TPSA) is 85.1 Å². The largest absolute Gasteiger partial charge is 0.465 e. The molecule has 1 aromatic carbocycles. The number of fused-ring (bicyclic) bond motifs is 1. The fourth-order valence-electron chi connectivity index (χ4n) is 2.37. The molecule has 3 rings (SSSR count). The van der Waals surface area contributed by atoms with Crippen molar-refractivity contribution in [1.29, 1.82) is 5.26 Å². The molecule has 0 bridgehead atoms. The second-order valence-electron chi connectivity index (χ2n) is 5.13. The number of methoxy groups -OCH3 is 1. The molecule has 126 valence electrons. The van der Waals surface area contributed by atoms with Gasteiger partial charge in [0.15, 0.2) is 0 Å². The smallest absolute Gasteiger partial charge is 0.348 e. The summed E-state index contributed by atoms with van der Waals surface area (Å²) in [5.74, 6) is -0.525. The first-order chi connectivity index (χ1) is 12.0.